The van der Waals surface area contributed by atoms with Crippen LogP contribution in [0.2, 0.25) is 0 Å². The van der Waals surface area contributed by atoms with Gasteiger partial charge in [0.25, 0.3) is 0 Å². The number of carbonyl (C=O) groups is 1. The van der Waals surface area contributed by atoms with Gasteiger partial charge in [0.1, 0.15) is 0 Å². The third-order valence-corrected chi connectivity index (χ3v) is 2.84. The number of rotatable bonds is 3. The number of hydrogen-bond donors (Lipinski definition) is 1. The van der Waals surface area contributed by atoms with Crippen molar-refractivity contribution in [3.63, 3.8) is 0 Å². The van der Waals surface area contributed by atoms with Gasteiger partial charge in [-0.2, -0.15) is 0 Å². The molecule has 2 rings (SSSR count). The fourth-order valence-corrected chi connectivity index (χ4v) is 1.97. The fourth-order valence-electron chi connectivity index (χ4n) is 1.24. The molecular formula is C11H9NOS. The maximum atomic E-state index is 10.2. The van der Waals surface area contributed by atoms with Crippen molar-refractivity contribution in [1.82, 2.24) is 0 Å². The number of benzene rings is 1. The van der Waals surface area contributed by atoms with Gasteiger partial charge in [-0.25, -0.2) is 0 Å². The van der Waals surface area contributed by atoms with Gasteiger partial charge in [-0.15, -0.1) is 11.3 Å². The van der Waals surface area contributed by atoms with Crippen molar-refractivity contribution in [2.45, 2.75) is 0 Å². The monoisotopic (exact) mass is 203 g/mol. The van der Waals surface area contributed by atoms with Crippen LogP contribution in [0, 0.1) is 0 Å². The van der Waals surface area contributed by atoms with E-state index in [1.54, 1.807) is 11.3 Å². The molecule has 1 N–H and O–H groups in total. The highest BCUT2D eigenvalue weighted by Crippen LogP contribution is 2.25. The Morgan fingerprint density at radius 1 is 1.14 bits per heavy atom. The van der Waals surface area contributed by atoms with E-state index in [1.807, 2.05) is 35.7 Å². The number of nitrogens with one attached hydrogen (secondary N) is 1. The second-order valence-corrected chi connectivity index (χ2v) is 3.76. The smallest absolute Gasteiger partial charge is 0.211 e. The highest BCUT2D eigenvalue weighted by Gasteiger charge is 1.97. The summed E-state index contributed by atoms with van der Waals surface area (Å²) in [5.74, 6) is 0. The zero-order valence-electron chi connectivity index (χ0n) is 7.44. The Morgan fingerprint density at radius 2 is 1.93 bits per heavy atom. The molecule has 2 nitrogen and oxygen atoms in total. The van der Waals surface area contributed by atoms with Crippen molar-refractivity contribution >= 4 is 23.4 Å². The van der Waals surface area contributed by atoms with Crippen LogP contribution in [-0.2, 0) is 4.79 Å². The minimum atomic E-state index is 0.681. The van der Waals surface area contributed by atoms with Gasteiger partial charge in [-0.1, -0.05) is 18.2 Å². The molecule has 1 aromatic heterocycles. The molecule has 0 saturated heterocycles. The van der Waals surface area contributed by atoms with Crippen molar-refractivity contribution in [1.29, 1.82) is 0 Å². The van der Waals surface area contributed by atoms with Crippen LogP contribution in [0.1, 0.15) is 0 Å². The SMILES string of the molecule is O=CNc1ccc(-c2cccs2)cc1. The van der Waals surface area contributed by atoms with Crippen LogP contribution < -0.4 is 5.32 Å². The topological polar surface area (TPSA) is 29.1 Å². The molecule has 0 radical (unpaired) electrons. The van der Waals surface area contributed by atoms with Gasteiger partial charge >= 0.3 is 0 Å². The average molecular weight is 203 g/mol. The number of thiophene rings is 1. The van der Waals surface area contributed by atoms with E-state index in [1.165, 1.54) is 10.4 Å². The van der Waals surface area contributed by atoms with E-state index in [9.17, 15) is 4.79 Å². The first-order valence-corrected chi connectivity index (χ1v) is 5.12. The lowest BCUT2D eigenvalue weighted by atomic mass is 10.2. The van der Waals surface area contributed by atoms with Crippen LogP contribution in [0.15, 0.2) is 41.8 Å². The lowest BCUT2D eigenvalue weighted by Gasteiger charge is -2.00. The predicted molar refractivity (Wildman–Crippen MR) is 59.4 cm³/mol. The molecule has 0 spiro atoms. The van der Waals surface area contributed by atoms with Crippen molar-refractivity contribution in [2.24, 2.45) is 0 Å². The summed E-state index contributed by atoms with van der Waals surface area (Å²) in [6.45, 7) is 0. The Morgan fingerprint density at radius 3 is 2.50 bits per heavy atom. The van der Waals surface area contributed by atoms with Crippen LogP contribution in [-0.4, -0.2) is 6.41 Å². The summed E-state index contributed by atoms with van der Waals surface area (Å²) in [5, 5.41) is 4.65. The van der Waals surface area contributed by atoms with Gasteiger partial charge in [-0.3, -0.25) is 4.79 Å². The lowest BCUT2D eigenvalue weighted by Crippen LogP contribution is -1.92. The van der Waals surface area contributed by atoms with Crippen LogP contribution >= 0.6 is 11.3 Å². The zero-order valence-corrected chi connectivity index (χ0v) is 8.25. The van der Waals surface area contributed by atoms with E-state index < -0.39 is 0 Å². The van der Waals surface area contributed by atoms with E-state index in [0.717, 1.165) is 5.69 Å². The summed E-state index contributed by atoms with van der Waals surface area (Å²) in [4.78, 5) is 11.4. The number of carbonyl (C=O) groups excluding carboxylic acids is 1. The number of anilines is 1. The third-order valence-electron chi connectivity index (χ3n) is 1.92. The minimum Gasteiger partial charge on any atom is -0.329 e. The predicted octanol–water partition coefficient (Wildman–Crippen LogP) is 2.98. The normalized spacial score (nSPS) is 9.71. The molecule has 0 unspecified atom stereocenters. The second-order valence-electron chi connectivity index (χ2n) is 2.82. The van der Waals surface area contributed by atoms with E-state index >= 15 is 0 Å². The first-order valence-electron chi connectivity index (χ1n) is 4.24. The van der Waals surface area contributed by atoms with Crippen LogP contribution in [0.25, 0.3) is 10.4 Å². The molecule has 0 fully saturated rings. The van der Waals surface area contributed by atoms with Crippen LogP contribution in [0.4, 0.5) is 5.69 Å². The maximum Gasteiger partial charge on any atom is 0.211 e. The quantitative estimate of drug-likeness (QED) is 0.763. The standard InChI is InChI=1S/C11H9NOS/c13-8-12-10-5-3-9(4-6-10)11-2-1-7-14-11/h1-8H,(H,12,13). The van der Waals surface area contributed by atoms with Gasteiger partial charge in [-0.05, 0) is 29.1 Å². The molecule has 2 aromatic rings. The van der Waals surface area contributed by atoms with Crippen LogP contribution in [0.3, 0.4) is 0 Å². The summed E-state index contributed by atoms with van der Waals surface area (Å²) in [5.41, 5.74) is 2.00. The fraction of sp³-hybridized carbons (Fsp3) is 0. The summed E-state index contributed by atoms with van der Waals surface area (Å²) < 4.78 is 0. The Bertz CT molecular complexity index is 405. The molecule has 0 saturated carbocycles. The van der Waals surface area contributed by atoms with E-state index in [0.29, 0.717) is 6.41 Å². The van der Waals surface area contributed by atoms with Gasteiger partial charge in [0.2, 0.25) is 6.41 Å². The largest absolute Gasteiger partial charge is 0.329 e. The Labute approximate surface area is 86.2 Å². The molecule has 0 aliphatic carbocycles. The second kappa shape index (κ2) is 4.07. The molecule has 1 amide bonds. The van der Waals surface area contributed by atoms with Gasteiger partial charge in [0, 0.05) is 10.6 Å². The molecule has 0 bridgehead atoms. The molecule has 1 heterocycles. The van der Waals surface area contributed by atoms with Gasteiger partial charge in [0.15, 0.2) is 0 Å². The summed E-state index contributed by atoms with van der Waals surface area (Å²) in [7, 11) is 0. The van der Waals surface area contributed by atoms with Crippen molar-refractivity contribution in [3.05, 3.63) is 41.8 Å². The van der Waals surface area contributed by atoms with Crippen molar-refractivity contribution < 1.29 is 4.79 Å². The Balaban J connectivity index is 2.26. The average Bonchev–Trinajstić information content (AvgIpc) is 2.72. The summed E-state index contributed by atoms with van der Waals surface area (Å²) in [6.07, 6.45) is 0.681. The molecule has 0 aliphatic heterocycles. The van der Waals surface area contributed by atoms with Crippen LogP contribution in [0.5, 0.6) is 0 Å². The molecule has 0 atom stereocenters. The van der Waals surface area contributed by atoms with Crippen molar-refractivity contribution in [2.75, 3.05) is 5.32 Å². The first-order chi connectivity index (χ1) is 6.90. The van der Waals surface area contributed by atoms with E-state index in [2.05, 4.69) is 11.4 Å². The minimum absolute atomic E-state index is 0.681. The van der Waals surface area contributed by atoms with Gasteiger partial charge < -0.3 is 5.32 Å². The molecule has 0 aliphatic rings. The number of amides is 1. The molecule has 3 heteroatoms. The molecule has 70 valence electrons. The van der Waals surface area contributed by atoms with Gasteiger partial charge in [0.05, 0.1) is 0 Å². The highest BCUT2D eigenvalue weighted by molar-refractivity contribution is 7.13. The lowest BCUT2D eigenvalue weighted by molar-refractivity contribution is -0.105. The summed E-state index contributed by atoms with van der Waals surface area (Å²) >= 11 is 1.71. The summed E-state index contributed by atoms with van der Waals surface area (Å²) in [6, 6.07) is 11.9. The van der Waals surface area contributed by atoms with E-state index in [-0.39, 0.29) is 0 Å². The third kappa shape index (κ3) is 1.83. The number of hydrogen-bond acceptors (Lipinski definition) is 2. The first kappa shape index (κ1) is 8.97. The highest BCUT2D eigenvalue weighted by atomic mass is 32.1. The molecule has 14 heavy (non-hydrogen) atoms. The zero-order chi connectivity index (χ0) is 9.80. The van der Waals surface area contributed by atoms with Crippen molar-refractivity contribution in [3.8, 4) is 10.4 Å². The Hall–Kier alpha value is -1.61. The Kier molecular flexibility index (Phi) is 2.60. The van der Waals surface area contributed by atoms with E-state index in [4.69, 9.17) is 0 Å². The maximum absolute atomic E-state index is 10.2. The molecular weight excluding hydrogens is 194 g/mol. The molecule has 1 aromatic carbocycles.